The number of hydrogen-bond acceptors (Lipinski definition) is 0. The van der Waals surface area contributed by atoms with Crippen molar-refractivity contribution in [2.75, 3.05) is 0 Å². The van der Waals surface area contributed by atoms with E-state index >= 15 is 0 Å². The van der Waals surface area contributed by atoms with E-state index in [0.717, 1.165) is 10.4 Å². The van der Waals surface area contributed by atoms with Gasteiger partial charge in [0.25, 0.3) is 0 Å². The van der Waals surface area contributed by atoms with Crippen LogP contribution in [0.25, 0.3) is 13.2 Å². The number of benzene rings is 2. The van der Waals surface area contributed by atoms with Crippen LogP contribution in [0, 0.1) is 13.8 Å². The molecule has 2 aromatic rings. The van der Waals surface area contributed by atoms with Crippen molar-refractivity contribution < 1.29 is 0 Å². The standard InChI is InChI=1S/C8H10.C8H8/c2*1-7-3-5-8(2)6-4-7/h3-6H,1-2H3;3-6H,1-2H2. The maximum atomic E-state index is 3.73. The molecule has 0 heteroatoms. The summed E-state index contributed by atoms with van der Waals surface area (Å²) in [5.41, 5.74) is 2.66. The van der Waals surface area contributed by atoms with E-state index in [1.54, 1.807) is 0 Å². The minimum absolute atomic E-state index is 1.04. The molecule has 0 aliphatic rings. The van der Waals surface area contributed by atoms with Crippen LogP contribution in [0.1, 0.15) is 11.1 Å². The molecule has 0 aromatic heterocycles. The molecule has 0 spiro atoms. The first-order chi connectivity index (χ1) is 7.58. The molecule has 0 fully saturated rings. The van der Waals surface area contributed by atoms with E-state index in [-0.39, 0.29) is 0 Å². The van der Waals surface area contributed by atoms with Crippen molar-refractivity contribution in [2.24, 2.45) is 0 Å². The van der Waals surface area contributed by atoms with Crippen molar-refractivity contribution in [3.8, 4) is 0 Å². The topological polar surface area (TPSA) is 0 Å². The highest BCUT2D eigenvalue weighted by molar-refractivity contribution is 5.19. The third kappa shape index (κ3) is 4.61. The zero-order chi connectivity index (χ0) is 12.0. The lowest BCUT2D eigenvalue weighted by molar-refractivity contribution is 1.40. The van der Waals surface area contributed by atoms with E-state index in [4.69, 9.17) is 0 Å². The first-order valence-corrected chi connectivity index (χ1v) is 5.35. The van der Waals surface area contributed by atoms with Gasteiger partial charge in [-0.2, -0.15) is 0 Å². The van der Waals surface area contributed by atoms with Gasteiger partial charge in [0, 0.05) is 0 Å². The van der Waals surface area contributed by atoms with Crippen molar-refractivity contribution >= 4 is 13.2 Å². The average molecular weight is 210 g/mol. The van der Waals surface area contributed by atoms with E-state index < -0.39 is 0 Å². The maximum absolute atomic E-state index is 3.73. The highest BCUT2D eigenvalue weighted by Gasteiger charge is 1.79. The molecule has 0 N–H and O–H groups in total. The summed E-state index contributed by atoms with van der Waals surface area (Å²) >= 11 is 0. The highest BCUT2D eigenvalue weighted by atomic mass is 13.9. The van der Waals surface area contributed by atoms with Gasteiger partial charge in [-0.3, -0.25) is 0 Å². The van der Waals surface area contributed by atoms with Gasteiger partial charge >= 0.3 is 0 Å². The smallest absolute Gasteiger partial charge is 0.0328 e. The second-order valence-electron chi connectivity index (χ2n) is 3.97. The van der Waals surface area contributed by atoms with Crippen LogP contribution in [-0.4, -0.2) is 0 Å². The summed E-state index contributed by atoms with van der Waals surface area (Å²) in [6.45, 7) is 11.7. The minimum atomic E-state index is 1.04. The Kier molecular flexibility index (Phi) is 4.53. The summed E-state index contributed by atoms with van der Waals surface area (Å²) in [6.07, 6.45) is 0. The molecule has 16 heavy (non-hydrogen) atoms. The van der Waals surface area contributed by atoms with Crippen molar-refractivity contribution in [3.63, 3.8) is 0 Å². The molecule has 2 aromatic carbocycles. The molecule has 0 saturated carbocycles. The van der Waals surface area contributed by atoms with Crippen LogP contribution in [0.4, 0.5) is 0 Å². The molecule has 82 valence electrons. The normalized spacial score (nSPS) is 9.12. The molecule has 0 atom stereocenters. The van der Waals surface area contributed by atoms with Gasteiger partial charge in [-0.25, -0.2) is 0 Å². The zero-order valence-electron chi connectivity index (χ0n) is 10.0. The van der Waals surface area contributed by atoms with Gasteiger partial charge < -0.3 is 0 Å². The lowest BCUT2D eigenvalue weighted by Crippen LogP contribution is -2.02. The zero-order valence-corrected chi connectivity index (χ0v) is 10.0. The molecule has 0 aliphatic carbocycles. The fraction of sp³-hybridized carbons (Fsp3) is 0.125. The van der Waals surface area contributed by atoms with Crippen molar-refractivity contribution in [1.29, 1.82) is 0 Å². The summed E-state index contributed by atoms with van der Waals surface area (Å²) in [5.74, 6) is 0. The van der Waals surface area contributed by atoms with Crippen molar-refractivity contribution in [1.82, 2.24) is 0 Å². The van der Waals surface area contributed by atoms with E-state index in [9.17, 15) is 0 Å². The third-order valence-electron chi connectivity index (χ3n) is 2.24. The fourth-order valence-electron chi connectivity index (χ4n) is 1.18. The Hall–Kier alpha value is -1.82. The SMILES string of the molecule is C=c1ccc(=C)cc1.Cc1ccc(C)cc1. The lowest BCUT2D eigenvalue weighted by atomic mass is 10.2. The first-order valence-electron chi connectivity index (χ1n) is 5.35. The lowest BCUT2D eigenvalue weighted by Gasteiger charge is -1.90. The molecule has 0 aliphatic heterocycles. The number of hydrogen-bond donors (Lipinski definition) is 0. The minimum Gasteiger partial charge on any atom is -0.0918 e. The predicted molar refractivity (Wildman–Crippen MR) is 72.7 cm³/mol. The van der Waals surface area contributed by atoms with Gasteiger partial charge in [-0.1, -0.05) is 72.8 Å². The highest BCUT2D eigenvalue weighted by Crippen LogP contribution is 1.99. The van der Waals surface area contributed by atoms with Crippen molar-refractivity contribution in [3.05, 3.63) is 70.1 Å². The molecule has 0 bridgehead atoms. The van der Waals surface area contributed by atoms with Crippen LogP contribution in [-0.2, 0) is 0 Å². The van der Waals surface area contributed by atoms with Crippen LogP contribution >= 0.6 is 0 Å². The number of aryl methyl sites for hydroxylation is 2. The summed E-state index contributed by atoms with van der Waals surface area (Å²) < 4.78 is 0. The Labute approximate surface area is 97.6 Å². The van der Waals surface area contributed by atoms with Gasteiger partial charge in [0.15, 0.2) is 0 Å². The molecular weight excluding hydrogens is 192 g/mol. The quantitative estimate of drug-likeness (QED) is 0.627. The first kappa shape index (κ1) is 12.3. The van der Waals surface area contributed by atoms with Gasteiger partial charge in [-0.05, 0) is 24.3 Å². The van der Waals surface area contributed by atoms with Crippen LogP contribution in [0.2, 0.25) is 0 Å². The van der Waals surface area contributed by atoms with Crippen LogP contribution in [0.3, 0.4) is 0 Å². The second-order valence-corrected chi connectivity index (χ2v) is 3.97. The van der Waals surface area contributed by atoms with Gasteiger partial charge in [0.05, 0.1) is 0 Å². The summed E-state index contributed by atoms with van der Waals surface area (Å²) in [5, 5.41) is 2.08. The van der Waals surface area contributed by atoms with Gasteiger partial charge in [0.1, 0.15) is 0 Å². The van der Waals surface area contributed by atoms with Crippen LogP contribution < -0.4 is 10.4 Å². The summed E-state index contributed by atoms with van der Waals surface area (Å²) in [6, 6.07) is 16.3. The van der Waals surface area contributed by atoms with E-state index in [1.807, 2.05) is 24.3 Å². The molecule has 0 radical (unpaired) electrons. The summed E-state index contributed by atoms with van der Waals surface area (Å²) in [7, 11) is 0. The Bertz CT molecular complexity index is 447. The predicted octanol–water partition coefficient (Wildman–Crippen LogP) is 2.81. The molecule has 0 unspecified atom stereocenters. The Balaban J connectivity index is 0.000000160. The summed E-state index contributed by atoms with van der Waals surface area (Å²) in [4.78, 5) is 0. The fourth-order valence-corrected chi connectivity index (χ4v) is 1.18. The molecule has 0 amide bonds. The third-order valence-corrected chi connectivity index (χ3v) is 2.24. The largest absolute Gasteiger partial charge is 0.0918 e. The molecule has 2 rings (SSSR count). The van der Waals surface area contributed by atoms with Crippen molar-refractivity contribution in [2.45, 2.75) is 13.8 Å². The monoisotopic (exact) mass is 210 g/mol. The molecule has 0 saturated heterocycles. The number of rotatable bonds is 0. The second kappa shape index (κ2) is 5.92. The Morgan fingerprint density at radius 2 is 0.812 bits per heavy atom. The van der Waals surface area contributed by atoms with E-state index in [1.165, 1.54) is 11.1 Å². The Morgan fingerprint density at radius 1 is 0.562 bits per heavy atom. The average Bonchev–Trinajstić information content (AvgIpc) is 2.28. The van der Waals surface area contributed by atoms with Crippen LogP contribution in [0.5, 0.6) is 0 Å². The van der Waals surface area contributed by atoms with Crippen LogP contribution in [0.15, 0.2) is 48.5 Å². The molecule has 0 heterocycles. The Morgan fingerprint density at radius 3 is 1.06 bits per heavy atom. The van der Waals surface area contributed by atoms with E-state index in [0.29, 0.717) is 0 Å². The van der Waals surface area contributed by atoms with Gasteiger partial charge in [0.2, 0.25) is 0 Å². The van der Waals surface area contributed by atoms with Gasteiger partial charge in [-0.15, -0.1) is 0 Å². The molecule has 0 nitrogen and oxygen atoms in total. The van der Waals surface area contributed by atoms with E-state index in [2.05, 4.69) is 51.3 Å². The molecular formula is C16H18. The maximum Gasteiger partial charge on any atom is -0.0328 e.